The fourth-order valence-corrected chi connectivity index (χ4v) is 4.82. The molecule has 0 aliphatic carbocycles. The number of carbonyl (C=O) groups is 3. The van der Waals surface area contributed by atoms with Gasteiger partial charge in [0, 0.05) is 0 Å². The van der Waals surface area contributed by atoms with E-state index >= 15 is 0 Å². The first-order chi connectivity index (χ1) is 13.8. The van der Waals surface area contributed by atoms with Gasteiger partial charge in [0.15, 0.2) is 0 Å². The van der Waals surface area contributed by atoms with Crippen molar-refractivity contribution in [1.29, 1.82) is 0 Å². The van der Waals surface area contributed by atoms with Gasteiger partial charge in [0.2, 0.25) is 0 Å². The average molecular weight is 614 g/mol. The van der Waals surface area contributed by atoms with Crippen LogP contribution in [0.5, 0.6) is 5.75 Å². The number of anilines is 1. The first-order valence-electron chi connectivity index (χ1n) is 8.52. The Kier molecular flexibility index (Phi) is 6.73. The number of aryl methyl sites for hydroxylation is 1. The van der Waals surface area contributed by atoms with Gasteiger partial charge in [0.1, 0.15) is 17.9 Å². The van der Waals surface area contributed by atoms with E-state index in [4.69, 9.17) is 4.74 Å². The van der Waals surface area contributed by atoms with E-state index in [1.54, 1.807) is 42.5 Å². The number of hydrogen-bond acceptors (Lipinski definition) is 4. The van der Waals surface area contributed by atoms with Gasteiger partial charge >= 0.3 is 6.03 Å². The van der Waals surface area contributed by atoms with Crippen molar-refractivity contribution >= 4 is 74.8 Å². The van der Waals surface area contributed by atoms with Crippen molar-refractivity contribution in [2.75, 3.05) is 11.5 Å². The van der Waals surface area contributed by atoms with Crippen molar-refractivity contribution in [3.05, 3.63) is 72.9 Å². The van der Waals surface area contributed by atoms with Crippen LogP contribution in [0.1, 0.15) is 11.1 Å². The van der Waals surface area contributed by atoms with Crippen LogP contribution in [-0.4, -0.2) is 24.5 Å². The summed E-state index contributed by atoms with van der Waals surface area (Å²) >= 11 is 4.26. The molecule has 3 rings (SSSR count). The van der Waals surface area contributed by atoms with E-state index in [1.807, 2.05) is 6.92 Å². The molecule has 148 valence electrons. The van der Waals surface area contributed by atoms with Gasteiger partial charge in [-0.05, 0) is 88.0 Å². The molecular weight excluding hydrogens is 598 g/mol. The van der Waals surface area contributed by atoms with Gasteiger partial charge in [-0.1, -0.05) is 30.4 Å². The average Bonchev–Trinajstić information content (AvgIpc) is 2.66. The Balaban J connectivity index is 1.98. The summed E-state index contributed by atoms with van der Waals surface area (Å²) < 4.78 is 7.31. The van der Waals surface area contributed by atoms with E-state index < -0.39 is 17.8 Å². The van der Waals surface area contributed by atoms with E-state index in [-0.39, 0.29) is 5.57 Å². The van der Waals surface area contributed by atoms with Gasteiger partial charge in [0.25, 0.3) is 11.8 Å². The maximum Gasteiger partial charge on any atom is 0.335 e. The molecule has 1 fully saturated rings. The largest absolute Gasteiger partial charge is 0.487 e. The maximum atomic E-state index is 13.0. The molecule has 0 atom stereocenters. The highest BCUT2D eigenvalue weighted by Gasteiger charge is 2.36. The zero-order valence-electron chi connectivity index (χ0n) is 15.4. The Morgan fingerprint density at radius 3 is 2.31 bits per heavy atom. The number of amides is 4. The second-order valence-electron chi connectivity index (χ2n) is 6.21. The minimum atomic E-state index is -0.765. The van der Waals surface area contributed by atoms with Crippen molar-refractivity contribution < 1.29 is 19.1 Å². The summed E-state index contributed by atoms with van der Waals surface area (Å²) in [6.45, 7) is 5.92. The van der Waals surface area contributed by atoms with Crippen LogP contribution in [0.2, 0.25) is 0 Å². The highest BCUT2D eigenvalue weighted by Crippen LogP contribution is 2.30. The predicted molar refractivity (Wildman–Crippen MR) is 128 cm³/mol. The van der Waals surface area contributed by atoms with E-state index in [2.05, 4.69) is 57.1 Å². The molecule has 29 heavy (non-hydrogen) atoms. The summed E-state index contributed by atoms with van der Waals surface area (Å²) in [6, 6.07) is 9.77. The molecule has 0 saturated carbocycles. The topological polar surface area (TPSA) is 75.7 Å². The van der Waals surface area contributed by atoms with Crippen LogP contribution in [-0.2, 0) is 9.59 Å². The second-order valence-corrected chi connectivity index (χ2v) is 8.53. The zero-order valence-corrected chi connectivity index (χ0v) is 19.7. The predicted octanol–water partition coefficient (Wildman–Crippen LogP) is 4.44. The summed E-state index contributed by atoms with van der Waals surface area (Å²) in [6.07, 6.45) is 3.14. The van der Waals surface area contributed by atoms with Crippen LogP contribution in [0.25, 0.3) is 6.08 Å². The van der Waals surface area contributed by atoms with Crippen LogP contribution in [0.4, 0.5) is 10.5 Å². The van der Waals surface area contributed by atoms with E-state index in [9.17, 15) is 14.4 Å². The molecule has 1 N–H and O–H groups in total. The Morgan fingerprint density at radius 2 is 1.72 bits per heavy atom. The molecule has 1 saturated heterocycles. The molecule has 1 aliphatic rings. The summed E-state index contributed by atoms with van der Waals surface area (Å²) in [7, 11) is 0. The highest BCUT2D eigenvalue weighted by molar-refractivity contribution is 14.1. The lowest BCUT2D eigenvalue weighted by atomic mass is 10.1. The van der Waals surface area contributed by atoms with Crippen LogP contribution >= 0.6 is 45.2 Å². The number of halogens is 2. The summed E-state index contributed by atoms with van der Waals surface area (Å²) in [5.74, 6) is -0.677. The molecule has 0 bridgehead atoms. The monoisotopic (exact) mass is 614 g/mol. The fraction of sp³-hybridized carbons (Fsp3) is 0.0952. The minimum Gasteiger partial charge on any atom is -0.487 e. The molecule has 0 spiro atoms. The van der Waals surface area contributed by atoms with Crippen LogP contribution in [0, 0.1) is 14.1 Å². The standard InChI is InChI=1S/C21H16I2N2O4/c1-3-8-29-18-16(22)10-13(11-17(18)23)9-15-19(26)24-21(28)25(20(15)27)14-6-4-12(2)5-7-14/h3-7,9-11H,1,8H2,2H3,(H,24,26,28)/b15-9+. The number of rotatable bonds is 5. The molecular formula is C21H16I2N2O4. The SMILES string of the molecule is C=CCOc1c(I)cc(/C=C2\C(=O)NC(=O)N(c3ccc(C)cc3)C2=O)cc1I. The van der Waals surface area contributed by atoms with Crippen LogP contribution < -0.4 is 15.0 Å². The normalized spacial score (nSPS) is 15.5. The highest BCUT2D eigenvalue weighted by atomic mass is 127. The Labute approximate surface area is 195 Å². The molecule has 0 unspecified atom stereocenters. The van der Waals surface area contributed by atoms with Crippen molar-refractivity contribution in [3.63, 3.8) is 0 Å². The quantitative estimate of drug-likeness (QED) is 0.234. The lowest BCUT2D eigenvalue weighted by molar-refractivity contribution is -0.122. The molecule has 8 heteroatoms. The van der Waals surface area contributed by atoms with Gasteiger partial charge in [0.05, 0.1) is 12.8 Å². The third kappa shape index (κ3) is 4.69. The number of imide groups is 2. The Bertz CT molecular complexity index is 1020. The van der Waals surface area contributed by atoms with Gasteiger partial charge in [-0.3, -0.25) is 14.9 Å². The molecule has 2 aromatic carbocycles. The number of urea groups is 1. The summed E-state index contributed by atoms with van der Waals surface area (Å²) in [5.41, 5.74) is 1.93. The molecule has 1 heterocycles. The van der Waals surface area contributed by atoms with E-state index in [1.165, 1.54) is 6.08 Å². The number of hydrogen-bond donors (Lipinski definition) is 1. The van der Waals surface area contributed by atoms with Crippen molar-refractivity contribution in [1.82, 2.24) is 5.32 Å². The third-order valence-electron chi connectivity index (χ3n) is 4.07. The Morgan fingerprint density at radius 1 is 1.10 bits per heavy atom. The number of ether oxygens (including phenoxy) is 1. The lowest BCUT2D eigenvalue weighted by Gasteiger charge is -2.26. The number of benzene rings is 2. The molecule has 2 aromatic rings. The third-order valence-corrected chi connectivity index (χ3v) is 5.67. The van der Waals surface area contributed by atoms with E-state index in [0.717, 1.165) is 17.6 Å². The van der Waals surface area contributed by atoms with Gasteiger partial charge < -0.3 is 4.74 Å². The maximum absolute atomic E-state index is 13.0. The smallest absolute Gasteiger partial charge is 0.335 e. The van der Waals surface area contributed by atoms with Crippen molar-refractivity contribution in [2.45, 2.75) is 6.92 Å². The minimum absolute atomic E-state index is 0.114. The molecule has 6 nitrogen and oxygen atoms in total. The zero-order chi connectivity index (χ0) is 21.1. The fourth-order valence-electron chi connectivity index (χ4n) is 2.70. The van der Waals surface area contributed by atoms with Crippen LogP contribution in [0.3, 0.4) is 0 Å². The van der Waals surface area contributed by atoms with Gasteiger partial charge in [-0.2, -0.15) is 0 Å². The van der Waals surface area contributed by atoms with Crippen molar-refractivity contribution in [3.8, 4) is 5.75 Å². The lowest BCUT2D eigenvalue weighted by Crippen LogP contribution is -2.54. The van der Waals surface area contributed by atoms with Gasteiger partial charge in [-0.15, -0.1) is 0 Å². The number of carbonyl (C=O) groups excluding carboxylic acids is 3. The molecule has 1 aliphatic heterocycles. The summed E-state index contributed by atoms with van der Waals surface area (Å²) in [5, 5.41) is 2.23. The molecule has 0 aromatic heterocycles. The first kappa shape index (κ1) is 21.5. The van der Waals surface area contributed by atoms with Gasteiger partial charge in [-0.25, -0.2) is 9.69 Å². The van der Waals surface area contributed by atoms with E-state index in [0.29, 0.717) is 23.6 Å². The molecule has 0 radical (unpaired) electrons. The first-order valence-corrected chi connectivity index (χ1v) is 10.7. The second kappa shape index (κ2) is 9.08. The Hall–Kier alpha value is -2.21. The number of nitrogens with one attached hydrogen (secondary N) is 1. The number of nitrogens with zero attached hydrogens (tertiary/aromatic N) is 1. The van der Waals surface area contributed by atoms with Crippen LogP contribution in [0.15, 0.2) is 54.6 Å². The summed E-state index contributed by atoms with van der Waals surface area (Å²) in [4.78, 5) is 38.5. The number of barbiturate groups is 1. The molecule has 4 amide bonds. The van der Waals surface area contributed by atoms with Crippen molar-refractivity contribution in [2.24, 2.45) is 0 Å².